The first-order chi connectivity index (χ1) is 18.9. The molecule has 0 saturated carbocycles. The Balaban J connectivity index is 1.82. The summed E-state index contributed by atoms with van der Waals surface area (Å²) >= 11 is 0. The van der Waals surface area contributed by atoms with Crippen LogP contribution in [-0.4, -0.2) is 59.4 Å². The van der Waals surface area contributed by atoms with E-state index >= 15 is 0 Å². The van der Waals surface area contributed by atoms with Crippen LogP contribution in [0.2, 0.25) is 0 Å². The van der Waals surface area contributed by atoms with Gasteiger partial charge < -0.3 is 23.5 Å². The van der Waals surface area contributed by atoms with Crippen molar-refractivity contribution in [3.05, 3.63) is 75.6 Å². The summed E-state index contributed by atoms with van der Waals surface area (Å²) in [6.07, 6.45) is 3.04. The summed E-state index contributed by atoms with van der Waals surface area (Å²) in [6, 6.07) is 11.3. The van der Waals surface area contributed by atoms with Gasteiger partial charge in [-0.05, 0) is 56.2 Å². The molecule has 4 aromatic rings. The average Bonchev–Trinajstić information content (AvgIpc) is 3.47. The lowest BCUT2D eigenvalue weighted by Gasteiger charge is -2.18. The van der Waals surface area contributed by atoms with Gasteiger partial charge in [-0.3, -0.25) is 14.0 Å². The monoisotopic (exact) mass is 532 g/mol. The van der Waals surface area contributed by atoms with Crippen molar-refractivity contribution in [1.82, 2.24) is 14.0 Å². The van der Waals surface area contributed by atoms with Crippen molar-refractivity contribution < 1.29 is 28.5 Å². The van der Waals surface area contributed by atoms with E-state index in [0.29, 0.717) is 23.8 Å². The second kappa shape index (κ2) is 11.1. The quantitative estimate of drug-likeness (QED) is 0.263. The second-order valence-electron chi connectivity index (χ2n) is 8.92. The number of benzene rings is 1. The van der Waals surface area contributed by atoms with E-state index in [1.165, 1.54) is 30.8 Å². The van der Waals surface area contributed by atoms with Crippen LogP contribution in [0.4, 0.5) is 0 Å². The number of rotatable bonds is 7. The molecule has 0 aliphatic carbocycles. The van der Waals surface area contributed by atoms with E-state index < -0.39 is 11.9 Å². The summed E-state index contributed by atoms with van der Waals surface area (Å²) < 4.78 is 24.8. The van der Waals surface area contributed by atoms with E-state index in [2.05, 4.69) is 4.99 Å². The first-order valence-electron chi connectivity index (χ1n) is 12.6. The maximum atomic E-state index is 13.5. The lowest BCUT2D eigenvalue weighted by atomic mass is 10.1. The van der Waals surface area contributed by atoms with Gasteiger partial charge in [-0.2, -0.15) is 4.99 Å². The van der Waals surface area contributed by atoms with Crippen LogP contribution in [0.1, 0.15) is 40.5 Å². The number of ether oxygens (including phenoxy) is 4. The minimum atomic E-state index is -0.711. The van der Waals surface area contributed by atoms with Gasteiger partial charge in [-0.25, -0.2) is 9.78 Å². The Labute approximate surface area is 223 Å². The number of aromatic nitrogens is 3. The Morgan fingerprint density at radius 1 is 1.13 bits per heavy atom. The molecule has 3 aromatic heterocycles. The van der Waals surface area contributed by atoms with Gasteiger partial charge in [-0.15, -0.1) is 0 Å². The minimum absolute atomic E-state index is 0.0223. The lowest BCUT2D eigenvalue weighted by molar-refractivity contribution is 0.0521. The molecule has 0 N–H and O–H groups in total. The number of methoxy groups -OCH3 is 2. The fourth-order valence-corrected chi connectivity index (χ4v) is 4.65. The Morgan fingerprint density at radius 3 is 2.67 bits per heavy atom. The van der Waals surface area contributed by atoms with Gasteiger partial charge >= 0.3 is 5.97 Å². The summed E-state index contributed by atoms with van der Waals surface area (Å²) in [6.45, 7) is 2.60. The maximum absolute atomic E-state index is 13.5. The summed E-state index contributed by atoms with van der Waals surface area (Å²) in [5.41, 5.74) is 0.567. The molecule has 1 fully saturated rings. The van der Waals surface area contributed by atoms with E-state index in [1.807, 2.05) is 0 Å². The molecular weight excluding hydrogens is 504 g/mol. The van der Waals surface area contributed by atoms with E-state index in [9.17, 15) is 14.4 Å². The standard InChI is InChI=1S/C28H28N4O7/c1-4-38-28(35)20-15-19-24(29-23-9-5-6-12-31(23)27(19)34)32(16-18-8-7-13-39-18)25(20)30-26(33)17-10-11-21(36-2)22(14-17)37-3/h5-6,9-12,14-15,18H,4,7-8,13,16H2,1-3H3. The zero-order valence-corrected chi connectivity index (χ0v) is 21.9. The van der Waals surface area contributed by atoms with E-state index in [-0.39, 0.29) is 52.5 Å². The summed E-state index contributed by atoms with van der Waals surface area (Å²) in [7, 11) is 2.97. The van der Waals surface area contributed by atoms with Gasteiger partial charge in [0.2, 0.25) is 0 Å². The van der Waals surface area contributed by atoms with E-state index in [0.717, 1.165) is 12.8 Å². The first kappa shape index (κ1) is 26.1. The topological polar surface area (TPSA) is 123 Å². The van der Waals surface area contributed by atoms with Gasteiger partial charge in [0, 0.05) is 18.4 Å². The smallest absolute Gasteiger partial charge is 0.341 e. The Bertz CT molecular complexity index is 1700. The summed E-state index contributed by atoms with van der Waals surface area (Å²) in [5, 5.41) is 0.192. The predicted molar refractivity (Wildman–Crippen MR) is 141 cm³/mol. The van der Waals surface area contributed by atoms with Gasteiger partial charge in [0.05, 0.1) is 38.9 Å². The molecule has 1 unspecified atom stereocenters. The third-order valence-corrected chi connectivity index (χ3v) is 6.53. The molecule has 11 heteroatoms. The molecule has 0 bridgehead atoms. The highest BCUT2D eigenvalue weighted by molar-refractivity contribution is 5.97. The van der Waals surface area contributed by atoms with Crippen molar-refractivity contribution in [2.24, 2.45) is 4.99 Å². The average molecular weight is 533 g/mol. The number of hydrogen-bond acceptors (Lipinski definition) is 8. The van der Waals surface area contributed by atoms with Crippen molar-refractivity contribution in [3.8, 4) is 11.5 Å². The fourth-order valence-electron chi connectivity index (χ4n) is 4.65. The zero-order valence-electron chi connectivity index (χ0n) is 21.9. The van der Waals surface area contributed by atoms with Gasteiger partial charge in [0.15, 0.2) is 17.0 Å². The van der Waals surface area contributed by atoms with Gasteiger partial charge in [0.1, 0.15) is 16.9 Å². The third kappa shape index (κ3) is 5.00. The molecule has 1 aliphatic heterocycles. The van der Waals surface area contributed by atoms with Crippen molar-refractivity contribution >= 4 is 28.6 Å². The first-order valence-corrected chi connectivity index (χ1v) is 12.6. The highest BCUT2D eigenvalue weighted by Crippen LogP contribution is 2.28. The highest BCUT2D eigenvalue weighted by atomic mass is 16.5. The van der Waals surface area contributed by atoms with Crippen LogP contribution in [-0.2, 0) is 16.0 Å². The van der Waals surface area contributed by atoms with Crippen molar-refractivity contribution in [1.29, 1.82) is 0 Å². The van der Waals surface area contributed by atoms with Crippen molar-refractivity contribution in [2.45, 2.75) is 32.4 Å². The van der Waals surface area contributed by atoms with Crippen LogP contribution in [0, 0.1) is 0 Å². The van der Waals surface area contributed by atoms with Crippen molar-refractivity contribution in [2.75, 3.05) is 27.4 Å². The van der Waals surface area contributed by atoms with Crippen LogP contribution in [0.25, 0.3) is 16.7 Å². The number of nitrogens with zero attached hydrogens (tertiary/aromatic N) is 4. The molecule has 1 atom stereocenters. The molecule has 5 rings (SSSR count). The number of carbonyl (C=O) groups excluding carboxylic acids is 2. The van der Waals surface area contributed by atoms with Crippen LogP contribution in [0.15, 0.2) is 58.4 Å². The molecule has 1 saturated heterocycles. The number of amides is 1. The van der Waals surface area contributed by atoms with Crippen LogP contribution < -0.4 is 20.5 Å². The highest BCUT2D eigenvalue weighted by Gasteiger charge is 2.24. The van der Waals surface area contributed by atoms with Gasteiger partial charge in [0.25, 0.3) is 11.5 Å². The maximum Gasteiger partial charge on any atom is 0.341 e. The molecule has 1 aromatic carbocycles. The Hall–Kier alpha value is -4.51. The van der Waals surface area contributed by atoms with Crippen molar-refractivity contribution in [3.63, 3.8) is 0 Å². The predicted octanol–water partition coefficient (Wildman–Crippen LogP) is 2.76. The molecule has 39 heavy (non-hydrogen) atoms. The molecular formula is C28H28N4O7. The number of pyridine rings is 2. The summed E-state index contributed by atoms with van der Waals surface area (Å²) in [5.74, 6) is -0.524. The Kier molecular flexibility index (Phi) is 7.42. The molecule has 11 nitrogen and oxygen atoms in total. The molecule has 1 amide bonds. The van der Waals surface area contributed by atoms with Gasteiger partial charge in [-0.1, -0.05) is 6.07 Å². The van der Waals surface area contributed by atoms with Crippen LogP contribution in [0.5, 0.6) is 11.5 Å². The number of carbonyl (C=O) groups is 2. The van der Waals surface area contributed by atoms with Crippen LogP contribution >= 0.6 is 0 Å². The third-order valence-electron chi connectivity index (χ3n) is 6.53. The van der Waals surface area contributed by atoms with Crippen LogP contribution in [0.3, 0.4) is 0 Å². The molecule has 1 aliphatic rings. The number of esters is 1. The fraction of sp³-hybridized carbons (Fsp3) is 0.321. The van der Waals surface area contributed by atoms with E-state index in [1.54, 1.807) is 48.0 Å². The normalized spacial score (nSPS) is 15.6. The number of fused-ring (bicyclic) bond motifs is 2. The Morgan fingerprint density at radius 2 is 1.95 bits per heavy atom. The second-order valence-corrected chi connectivity index (χ2v) is 8.92. The minimum Gasteiger partial charge on any atom is -0.493 e. The lowest BCUT2D eigenvalue weighted by Crippen LogP contribution is -2.35. The van der Waals surface area contributed by atoms with E-state index in [4.69, 9.17) is 23.9 Å². The largest absolute Gasteiger partial charge is 0.493 e. The molecule has 4 heterocycles. The molecule has 0 spiro atoms. The molecule has 0 radical (unpaired) electrons. The summed E-state index contributed by atoms with van der Waals surface area (Å²) in [4.78, 5) is 49.3. The molecule has 202 valence electrons. The SMILES string of the molecule is CCOC(=O)c1cc2c(=O)n3ccccc3nc2n(CC2CCCO2)c1=NC(=O)c1ccc(OC)c(OC)c1. The number of hydrogen-bond donors (Lipinski definition) is 0. The zero-order chi connectivity index (χ0) is 27.5.